The molecule has 0 aliphatic rings. The Kier molecular flexibility index (Phi) is 5.25. The van der Waals surface area contributed by atoms with Crippen LogP contribution in [0.3, 0.4) is 0 Å². The Morgan fingerprint density at radius 2 is 1.74 bits per heavy atom. The zero-order valence-electron chi connectivity index (χ0n) is 13.0. The normalized spacial score (nSPS) is 10.7. The van der Waals surface area contributed by atoms with Crippen molar-refractivity contribution in [3.05, 3.63) is 80.9 Å². The fraction of sp³-hybridized carbons (Fsp3) is 0.167. The molecule has 118 valence electrons. The Morgan fingerprint density at radius 3 is 2.30 bits per heavy atom. The molecule has 2 aromatic carbocycles. The maximum Gasteiger partial charge on any atom is 0.331 e. The maximum atomic E-state index is 11.7. The Balaban J connectivity index is 1.92. The number of hydrogen-bond donors (Lipinski definition) is 0. The minimum absolute atomic E-state index is 0.0135. The summed E-state index contributed by atoms with van der Waals surface area (Å²) in [5, 5.41) is 10.6. The van der Waals surface area contributed by atoms with Gasteiger partial charge in [0.1, 0.15) is 6.61 Å². The van der Waals surface area contributed by atoms with E-state index in [1.54, 1.807) is 18.2 Å². The van der Waals surface area contributed by atoms with Gasteiger partial charge in [-0.25, -0.2) is 4.79 Å². The third kappa shape index (κ3) is 5.07. The van der Waals surface area contributed by atoms with Gasteiger partial charge in [-0.15, -0.1) is 0 Å². The highest BCUT2D eigenvalue weighted by Crippen LogP contribution is 2.13. The van der Waals surface area contributed by atoms with Gasteiger partial charge in [-0.1, -0.05) is 29.3 Å². The minimum atomic E-state index is -0.467. The van der Waals surface area contributed by atoms with Gasteiger partial charge in [0.25, 0.3) is 5.69 Å². The van der Waals surface area contributed by atoms with Crippen molar-refractivity contribution in [3.63, 3.8) is 0 Å². The quantitative estimate of drug-likeness (QED) is 0.362. The number of non-ortho nitro benzene ring substituents is 1. The summed E-state index contributed by atoms with van der Waals surface area (Å²) in [5.41, 5.74) is 3.90. The molecule has 2 aromatic rings. The predicted octanol–water partition coefficient (Wildman–Crippen LogP) is 3.97. The van der Waals surface area contributed by atoms with E-state index in [-0.39, 0.29) is 12.3 Å². The summed E-state index contributed by atoms with van der Waals surface area (Å²) >= 11 is 0. The van der Waals surface area contributed by atoms with Crippen LogP contribution in [0.5, 0.6) is 0 Å². The van der Waals surface area contributed by atoms with E-state index in [9.17, 15) is 14.9 Å². The number of nitro benzene ring substituents is 1. The molecule has 0 saturated heterocycles. The van der Waals surface area contributed by atoms with Gasteiger partial charge in [0.15, 0.2) is 0 Å². The second-order valence-electron chi connectivity index (χ2n) is 5.29. The van der Waals surface area contributed by atoms with Gasteiger partial charge in [-0.3, -0.25) is 10.1 Å². The number of ether oxygens (including phenoxy) is 1. The number of aryl methyl sites for hydroxylation is 2. The SMILES string of the molecule is Cc1cc(C)cc(COC(=O)/C=C/c2ccc([N+](=O)[O-])cc2)c1. The van der Waals surface area contributed by atoms with Crippen LogP contribution < -0.4 is 0 Å². The highest BCUT2D eigenvalue weighted by atomic mass is 16.6. The number of hydrogen-bond acceptors (Lipinski definition) is 4. The van der Waals surface area contributed by atoms with Gasteiger partial charge in [0.05, 0.1) is 4.92 Å². The molecule has 0 heterocycles. The molecular weight excluding hydrogens is 294 g/mol. The first-order chi connectivity index (χ1) is 10.9. The summed E-state index contributed by atoms with van der Waals surface area (Å²) in [6.07, 6.45) is 2.87. The van der Waals surface area contributed by atoms with Crippen LogP contribution in [0.15, 0.2) is 48.5 Å². The van der Waals surface area contributed by atoms with Crippen LogP contribution in [0.25, 0.3) is 6.08 Å². The van der Waals surface area contributed by atoms with Gasteiger partial charge in [-0.05, 0) is 43.2 Å². The van der Waals surface area contributed by atoms with Crippen molar-refractivity contribution >= 4 is 17.7 Å². The van der Waals surface area contributed by atoms with E-state index in [2.05, 4.69) is 6.07 Å². The zero-order valence-corrected chi connectivity index (χ0v) is 13.0. The molecule has 0 N–H and O–H groups in total. The summed E-state index contributed by atoms with van der Waals surface area (Å²) in [7, 11) is 0. The average molecular weight is 311 g/mol. The smallest absolute Gasteiger partial charge is 0.331 e. The standard InChI is InChI=1S/C18H17NO4/c1-13-9-14(2)11-16(10-13)12-23-18(20)8-5-15-3-6-17(7-4-15)19(21)22/h3-11H,12H2,1-2H3/b8-5+. The lowest BCUT2D eigenvalue weighted by Crippen LogP contribution is -2.01. The van der Waals surface area contributed by atoms with Gasteiger partial charge in [0.2, 0.25) is 0 Å². The molecule has 5 heteroatoms. The number of nitro groups is 1. The third-order valence-electron chi connectivity index (χ3n) is 3.18. The number of nitrogens with zero attached hydrogens (tertiary/aromatic N) is 1. The Bertz CT molecular complexity index is 728. The van der Waals surface area contributed by atoms with Crippen molar-refractivity contribution < 1.29 is 14.5 Å². The molecule has 5 nitrogen and oxygen atoms in total. The van der Waals surface area contributed by atoms with Crippen molar-refractivity contribution in [3.8, 4) is 0 Å². The molecule has 0 atom stereocenters. The molecule has 0 amide bonds. The Morgan fingerprint density at radius 1 is 1.13 bits per heavy atom. The molecule has 0 spiro atoms. The van der Waals surface area contributed by atoms with Crippen molar-refractivity contribution in [1.82, 2.24) is 0 Å². The lowest BCUT2D eigenvalue weighted by Gasteiger charge is -2.05. The Labute approximate surface area is 134 Å². The van der Waals surface area contributed by atoms with Crippen LogP contribution >= 0.6 is 0 Å². The maximum absolute atomic E-state index is 11.7. The van der Waals surface area contributed by atoms with Gasteiger partial charge < -0.3 is 4.74 Å². The summed E-state index contributed by atoms with van der Waals surface area (Å²) in [6.45, 7) is 4.20. The lowest BCUT2D eigenvalue weighted by molar-refractivity contribution is -0.384. The highest BCUT2D eigenvalue weighted by Gasteiger charge is 2.03. The van der Waals surface area contributed by atoms with E-state index in [0.717, 1.165) is 16.7 Å². The predicted molar refractivity (Wildman–Crippen MR) is 87.8 cm³/mol. The topological polar surface area (TPSA) is 69.4 Å². The highest BCUT2D eigenvalue weighted by molar-refractivity contribution is 5.87. The van der Waals surface area contributed by atoms with Crippen molar-refractivity contribution in [2.24, 2.45) is 0 Å². The molecule has 0 saturated carbocycles. The number of benzene rings is 2. The summed E-state index contributed by atoms with van der Waals surface area (Å²) < 4.78 is 5.19. The van der Waals surface area contributed by atoms with E-state index >= 15 is 0 Å². The van der Waals surface area contributed by atoms with Crippen molar-refractivity contribution in [1.29, 1.82) is 0 Å². The van der Waals surface area contributed by atoms with Crippen LogP contribution in [0.1, 0.15) is 22.3 Å². The van der Waals surface area contributed by atoms with E-state index in [1.165, 1.54) is 18.2 Å². The van der Waals surface area contributed by atoms with Crippen LogP contribution in [-0.2, 0) is 16.1 Å². The fourth-order valence-corrected chi connectivity index (χ4v) is 2.23. The summed E-state index contributed by atoms with van der Waals surface area (Å²) in [4.78, 5) is 21.8. The van der Waals surface area contributed by atoms with E-state index in [4.69, 9.17) is 4.74 Å². The summed E-state index contributed by atoms with van der Waals surface area (Å²) in [5.74, 6) is -0.456. The van der Waals surface area contributed by atoms with Gasteiger partial charge >= 0.3 is 5.97 Å². The number of rotatable bonds is 5. The molecule has 0 aliphatic heterocycles. The van der Waals surface area contributed by atoms with E-state index in [1.807, 2.05) is 26.0 Å². The monoisotopic (exact) mass is 311 g/mol. The van der Waals surface area contributed by atoms with Gasteiger partial charge in [0, 0.05) is 18.2 Å². The van der Waals surface area contributed by atoms with Gasteiger partial charge in [-0.2, -0.15) is 0 Å². The number of carbonyl (C=O) groups is 1. The summed E-state index contributed by atoms with van der Waals surface area (Å²) in [6, 6.07) is 11.9. The second-order valence-corrected chi connectivity index (χ2v) is 5.29. The first-order valence-electron chi connectivity index (χ1n) is 7.10. The molecular formula is C18H17NO4. The largest absolute Gasteiger partial charge is 0.458 e. The third-order valence-corrected chi connectivity index (χ3v) is 3.18. The molecule has 0 unspecified atom stereocenters. The first kappa shape index (κ1) is 16.4. The second kappa shape index (κ2) is 7.35. The molecule has 0 aliphatic carbocycles. The van der Waals surface area contributed by atoms with Crippen molar-refractivity contribution in [2.75, 3.05) is 0 Å². The lowest BCUT2D eigenvalue weighted by atomic mass is 10.1. The van der Waals surface area contributed by atoms with E-state index in [0.29, 0.717) is 5.56 Å². The molecule has 0 bridgehead atoms. The number of esters is 1. The first-order valence-corrected chi connectivity index (χ1v) is 7.10. The molecule has 0 fully saturated rings. The number of carbonyl (C=O) groups excluding carboxylic acids is 1. The Hall–Kier alpha value is -2.95. The molecule has 0 radical (unpaired) electrons. The van der Waals surface area contributed by atoms with Crippen LogP contribution in [0.2, 0.25) is 0 Å². The average Bonchev–Trinajstić information content (AvgIpc) is 2.50. The van der Waals surface area contributed by atoms with Crippen molar-refractivity contribution in [2.45, 2.75) is 20.5 Å². The van der Waals surface area contributed by atoms with Crippen LogP contribution in [-0.4, -0.2) is 10.9 Å². The molecule has 0 aromatic heterocycles. The zero-order chi connectivity index (χ0) is 16.8. The molecule has 23 heavy (non-hydrogen) atoms. The van der Waals surface area contributed by atoms with E-state index < -0.39 is 10.9 Å². The van der Waals surface area contributed by atoms with Crippen LogP contribution in [0, 0.1) is 24.0 Å². The van der Waals surface area contributed by atoms with Crippen LogP contribution in [0.4, 0.5) is 5.69 Å². The molecule has 2 rings (SSSR count). The fourth-order valence-electron chi connectivity index (χ4n) is 2.23. The minimum Gasteiger partial charge on any atom is -0.458 e.